The highest BCUT2D eigenvalue weighted by Gasteiger charge is 2.20. The van der Waals surface area contributed by atoms with Gasteiger partial charge in [-0.25, -0.2) is 13.9 Å². The zero-order valence-corrected chi connectivity index (χ0v) is 14.3. The standard InChI is InChI=1S/C20H17FN2O3/c1-13-11-12-22-23(13)18-9-5-16(6-10-18)20(25)26-14(2)19(24)15-3-7-17(21)8-4-15/h3-12,14H,1-2H3/t14-/m1/s1. The minimum atomic E-state index is -0.971. The van der Waals surface area contributed by atoms with Gasteiger partial charge in [-0.3, -0.25) is 4.79 Å². The van der Waals surface area contributed by atoms with Crippen molar-refractivity contribution in [3.8, 4) is 5.69 Å². The van der Waals surface area contributed by atoms with Crippen LogP contribution >= 0.6 is 0 Å². The van der Waals surface area contributed by atoms with Crippen LogP contribution in [-0.2, 0) is 4.74 Å². The van der Waals surface area contributed by atoms with Crippen molar-refractivity contribution in [2.45, 2.75) is 20.0 Å². The van der Waals surface area contributed by atoms with Gasteiger partial charge < -0.3 is 4.74 Å². The summed E-state index contributed by atoms with van der Waals surface area (Å²) >= 11 is 0. The Morgan fingerprint density at radius 2 is 1.62 bits per heavy atom. The number of rotatable bonds is 5. The van der Waals surface area contributed by atoms with Gasteiger partial charge in [0.15, 0.2) is 6.10 Å². The van der Waals surface area contributed by atoms with E-state index in [1.165, 1.54) is 31.2 Å². The monoisotopic (exact) mass is 352 g/mol. The summed E-state index contributed by atoms with van der Waals surface area (Å²) in [5.74, 6) is -1.42. The van der Waals surface area contributed by atoms with E-state index >= 15 is 0 Å². The molecule has 5 nitrogen and oxygen atoms in total. The van der Waals surface area contributed by atoms with Crippen LogP contribution < -0.4 is 0 Å². The lowest BCUT2D eigenvalue weighted by atomic mass is 10.1. The highest BCUT2D eigenvalue weighted by Crippen LogP contribution is 2.14. The van der Waals surface area contributed by atoms with Crippen molar-refractivity contribution in [3.63, 3.8) is 0 Å². The van der Waals surface area contributed by atoms with Gasteiger partial charge in [0, 0.05) is 17.5 Å². The van der Waals surface area contributed by atoms with Crippen molar-refractivity contribution in [2.24, 2.45) is 0 Å². The maximum atomic E-state index is 12.9. The lowest BCUT2D eigenvalue weighted by Gasteiger charge is -2.13. The molecule has 132 valence electrons. The molecule has 0 radical (unpaired) electrons. The molecule has 26 heavy (non-hydrogen) atoms. The third-order valence-corrected chi connectivity index (χ3v) is 3.96. The summed E-state index contributed by atoms with van der Waals surface area (Å²) in [6, 6.07) is 13.7. The highest BCUT2D eigenvalue weighted by molar-refractivity contribution is 6.01. The van der Waals surface area contributed by atoms with Gasteiger partial charge in [0.05, 0.1) is 11.3 Å². The Morgan fingerprint density at radius 3 is 2.19 bits per heavy atom. The summed E-state index contributed by atoms with van der Waals surface area (Å²) in [7, 11) is 0. The van der Waals surface area contributed by atoms with Crippen molar-refractivity contribution in [1.82, 2.24) is 9.78 Å². The number of aromatic nitrogens is 2. The Bertz CT molecular complexity index is 930. The van der Waals surface area contributed by atoms with E-state index in [0.717, 1.165) is 11.4 Å². The third kappa shape index (κ3) is 3.69. The Hall–Kier alpha value is -3.28. The first kappa shape index (κ1) is 17.5. The number of hydrogen-bond donors (Lipinski definition) is 0. The predicted octanol–water partition coefficient (Wildman–Crippen LogP) is 3.75. The Balaban J connectivity index is 1.68. The molecule has 0 spiro atoms. The van der Waals surface area contributed by atoms with Gasteiger partial charge >= 0.3 is 5.97 Å². The number of nitrogens with zero attached hydrogens (tertiary/aromatic N) is 2. The van der Waals surface area contributed by atoms with Crippen LogP contribution in [0.15, 0.2) is 60.8 Å². The average Bonchev–Trinajstić information content (AvgIpc) is 3.07. The van der Waals surface area contributed by atoms with Gasteiger partial charge in [0.25, 0.3) is 0 Å². The van der Waals surface area contributed by atoms with E-state index in [-0.39, 0.29) is 11.3 Å². The van der Waals surface area contributed by atoms with E-state index in [4.69, 9.17) is 4.74 Å². The molecule has 1 heterocycles. The third-order valence-electron chi connectivity index (χ3n) is 3.96. The summed E-state index contributed by atoms with van der Waals surface area (Å²) in [6.45, 7) is 3.42. The average molecular weight is 352 g/mol. The SMILES string of the molecule is Cc1ccnn1-c1ccc(C(=O)O[C@H](C)C(=O)c2ccc(F)cc2)cc1. The van der Waals surface area contributed by atoms with Crippen LogP contribution in [-0.4, -0.2) is 27.6 Å². The first-order valence-electron chi connectivity index (χ1n) is 8.07. The molecule has 0 saturated carbocycles. The smallest absolute Gasteiger partial charge is 0.338 e. The second-order valence-corrected chi connectivity index (χ2v) is 5.85. The fourth-order valence-electron chi connectivity index (χ4n) is 2.51. The minimum absolute atomic E-state index is 0.288. The number of hydrogen-bond acceptors (Lipinski definition) is 4. The van der Waals surface area contributed by atoms with Gasteiger partial charge in [-0.2, -0.15) is 5.10 Å². The molecule has 1 atom stereocenters. The molecule has 0 saturated heterocycles. The largest absolute Gasteiger partial charge is 0.451 e. The van der Waals surface area contributed by atoms with Crippen molar-refractivity contribution in [2.75, 3.05) is 0 Å². The van der Waals surface area contributed by atoms with Crippen LogP contribution in [0.4, 0.5) is 4.39 Å². The van der Waals surface area contributed by atoms with E-state index in [1.807, 2.05) is 13.0 Å². The molecule has 0 aliphatic carbocycles. The molecule has 6 heteroatoms. The minimum Gasteiger partial charge on any atom is -0.451 e. The summed E-state index contributed by atoms with van der Waals surface area (Å²) in [5.41, 5.74) is 2.41. The molecule has 1 aromatic heterocycles. The van der Waals surface area contributed by atoms with Crippen molar-refractivity contribution < 1.29 is 18.7 Å². The molecule has 0 N–H and O–H groups in total. The van der Waals surface area contributed by atoms with Gasteiger partial charge in [0.1, 0.15) is 5.82 Å². The normalized spacial score (nSPS) is 11.8. The Morgan fingerprint density at radius 1 is 1.00 bits per heavy atom. The number of ketones is 1. The number of benzene rings is 2. The van der Waals surface area contributed by atoms with Crippen molar-refractivity contribution >= 4 is 11.8 Å². The topological polar surface area (TPSA) is 61.2 Å². The zero-order valence-electron chi connectivity index (χ0n) is 14.3. The van der Waals surface area contributed by atoms with Gasteiger partial charge in [-0.15, -0.1) is 0 Å². The summed E-state index contributed by atoms with van der Waals surface area (Å²) in [6.07, 6.45) is 0.723. The summed E-state index contributed by atoms with van der Waals surface area (Å²) in [5, 5.41) is 4.20. The Kier molecular flexibility index (Phi) is 4.93. The molecule has 0 fully saturated rings. The fourth-order valence-corrected chi connectivity index (χ4v) is 2.51. The van der Waals surface area contributed by atoms with E-state index in [0.29, 0.717) is 5.56 Å². The second kappa shape index (κ2) is 7.31. The number of esters is 1. The van der Waals surface area contributed by atoms with Crippen LogP contribution in [0.3, 0.4) is 0 Å². The van der Waals surface area contributed by atoms with Crippen LogP contribution in [0.1, 0.15) is 33.3 Å². The maximum Gasteiger partial charge on any atom is 0.338 e. The van der Waals surface area contributed by atoms with E-state index < -0.39 is 17.9 Å². The predicted molar refractivity (Wildman–Crippen MR) is 93.9 cm³/mol. The number of halogens is 1. The lowest BCUT2D eigenvalue weighted by Crippen LogP contribution is -2.24. The molecular weight excluding hydrogens is 335 g/mol. The molecular formula is C20H17FN2O3. The molecule has 3 rings (SSSR count). The van der Waals surface area contributed by atoms with Gasteiger partial charge in [-0.1, -0.05) is 0 Å². The first-order valence-corrected chi connectivity index (χ1v) is 8.07. The quantitative estimate of drug-likeness (QED) is 0.518. The van der Waals surface area contributed by atoms with E-state index in [2.05, 4.69) is 5.10 Å². The lowest BCUT2D eigenvalue weighted by molar-refractivity contribution is 0.0319. The van der Waals surface area contributed by atoms with E-state index in [1.54, 1.807) is 35.1 Å². The number of ether oxygens (including phenoxy) is 1. The Labute approximate surface area is 150 Å². The van der Waals surface area contributed by atoms with Crippen LogP contribution in [0.25, 0.3) is 5.69 Å². The van der Waals surface area contributed by atoms with Gasteiger partial charge in [-0.05, 0) is 68.4 Å². The van der Waals surface area contributed by atoms with Gasteiger partial charge in [0.2, 0.25) is 5.78 Å². The number of aryl methyl sites for hydroxylation is 1. The molecule has 3 aromatic rings. The number of carbonyl (C=O) groups excluding carboxylic acids is 2. The molecule has 0 bridgehead atoms. The molecule has 0 unspecified atom stereocenters. The van der Waals surface area contributed by atoms with Crippen LogP contribution in [0.2, 0.25) is 0 Å². The summed E-state index contributed by atoms with van der Waals surface area (Å²) < 4.78 is 19.9. The highest BCUT2D eigenvalue weighted by atomic mass is 19.1. The molecule has 0 aliphatic heterocycles. The second-order valence-electron chi connectivity index (χ2n) is 5.85. The number of carbonyl (C=O) groups is 2. The number of Topliss-reactive ketones (excluding diaryl/α,β-unsaturated/α-hetero) is 1. The maximum absolute atomic E-state index is 12.9. The molecule has 0 aliphatic rings. The van der Waals surface area contributed by atoms with Crippen LogP contribution in [0, 0.1) is 12.7 Å². The first-order chi connectivity index (χ1) is 12.5. The summed E-state index contributed by atoms with van der Waals surface area (Å²) in [4.78, 5) is 24.5. The fraction of sp³-hybridized carbons (Fsp3) is 0.150. The zero-order chi connectivity index (χ0) is 18.7. The van der Waals surface area contributed by atoms with E-state index in [9.17, 15) is 14.0 Å². The van der Waals surface area contributed by atoms with Crippen molar-refractivity contribution in [3.05, 3.63) is 83.4 Å². The van der Waals surface area contributed by atoms with Crippen LogP contribution in [0.5, 0.6) is 0 Å². The molecule has 0 amide bonds. The van der Waals surface area contributed by atoms with Crippen molar-refractivity contribution in [1.29, 1.82) is 0 Å². The molecule has 2 aromatic carbocycles.